The summed E-state index contributed by atoms with van der Waals surface area (Å²) in [4.78, 5) is 19.0. The van der Waals surface area contributed by atoms with Crippen molar-refractivity contribution < 1.29 is 4.79 Å². The number of likely N-dealkylation sites (tertiary alicyclic amines) is 1. The molecule has 0 bridgehead atoms. The highest BCUT2D eigenvalue weighted by atomic mass is 32.1. The van der Waals surface area contributed by atoms with Gasteiger partial charge >= 0.3 is 0 Å². The highest BCUT2D eigenvalue weighted by molar-refractivity contribution is 7.08. The lowest BCUT2D eigenvalue weighted by Gasteiger charge is -2.32. The van der Waals surface area contributed by atoms with E-state index in [1.54, 1.807) is 11.3 Å². The fraction of sp³-hybridized carbons (Fsp3) is 0.412. The average molecular weight is 300 g/mol. The Labute approximate surface area is 129 Å². The van der Waals surface area contributed by atoms with E-state index in [0.29, 0.717) is 5.92 Å². The smallest absolute Gasteiger partial charge is 0.254 e. The van der Waals surface area contributed by atoms with Crippen LogP contribution in [0.2, 0.25) is 0 Å². The van der Waals surface area contributed by atoms with Crippen LogP contribution in [0.3, 0.4) is 0 Å². The molecule has 0 spiro atoms. The molecule has 3 rings (SSSR count). The van der Waals surface area contributed by atoms with E-state index in [4.69, 9.17) is 0 Å². The first-order chi connectivity index (χ1) is 10.2. The van der Waals surface area contributed by atoms with Gasteiger partial charge in [-0.25, -0.2) is 0 Å². The maximum atomic E-state index is 12.4. The fourth-order valence-corrected chi connectivity index (χ4v) is 3.62. The molecule has 110 valence electrons. The largest absolute Gasteiger partial charge is 0.338 e. The number of aryl methyl sites for hydroxylation is 1. The zero-order valence-corrected chi connectivity index (χ0v) is 13.1. The van der Waals surface area contributed by atoms with Crippen molar-refractivity contribution in [2.24, 2.45) is 5.92 Å². The Morgan fingerprint density at radius 3 is 3.10 bits per heavy atom. The Kier molecular flexibility index (Phi) is 4.34. The minimum atomic E-state index is 0.179. The van der Waals surface area contributed by atoms with Gasteiger partial charge in [0, 0.05) is 29.9 Å². The lowest BCUT2D eigenvalue weighted by molar-refractivity contribution is 0.0673. The second-order valence-electron chi connectivity index (χ2n) is 5.75. The van der Waals surface area contributed by atoms with Crippen LogP contribution >= 0.6 is 11.3 Å². The van der Waals surface area contributed by atoms with Crippen LogP contribution in [0.15, 0.2) is 35.0 Å². The van der Waals surface area contributed by atoms with E-state index in [9.17, 15) is 4.79 Å². The third-order valence-corrected chi connectivity index (χ3v) is 4.70. The van der Waals surface area contributed by atoms with Crippen LogP contribution in [0.25, 0.3) is 0 Å². The van der Waals surface area contributed by atoms with Crippen molar-refractivity contribution in [3.8, 4) is 0 Å². The van der Waals surface area contributed by atoms with Crippen molar-refractivity contribution in [1.29, 1.82) is 0 Å². The predicted molar refractivity (Wildman–Crippen MR) is 85.6 cm³/mol. The third-order valence-electron chi connectivity index (χ3n) is 4.02. The van der Waals surface area contributed by atoms with Gasteiger partial charge in [-0.05, 0) is 55.7 Å². The number of nitrogens with zero attached hydrogens (tertiary/aromatic N) is 2. The van der Waals surface area contributed by atoms with Crippen LogP contribution in [-0.2, 0) is 6.42 Å². The number of hydrogen-bond acceptors (Lipinski definition) is 3. The summed E-state index contributed by atoms with van der Waals surface area (Å²) in [5.74, 6) is 0.703. The Balaban J connectivity index is 1.64. The number of amides is 1. The summed E-state index contributed by atoms with van der Waals surface area (Å²) < 4.78 is 0. The molecular weight excluding hydrogens is 280 g/mol. The van der Waals surface area contributed by atoms with Crippen LogP contribution in [0.5, 0.6) is 0 Å². The van der Waals surface area contributed by atoms with Crippen molar-refractivity contribution in [1.82, 2.24) is 9.88 Å². The van der Waals surface area contributed by atoms with Crippen LogP contribution in [0.1, 0.15) is 34.6 Å². The van der Waals surface area contributed by atoms with Gasteiger partial charge in [-0.15, -0.1) is 0 Å². The number of thiophene rings is 1. The first kappa shape index (κ1) is 14.3. The van der Waals surface area contributed by atoms with Crippen molar-refractivity contribution >= 4 is 17.2 Å². The zero-order valence-electron chi connectivity index (χ0n) is 12.3. The summed E-state index contributed by atoms with van der Waals surface area (Å²) in [6.07, 6.45) is 3.24. The van der Waals surface area contributed by atoms with E-state index in [2.05, 4.69) is 17.1 Å². The maximum absolute atomic E-state index is 12.4. The summed E-state index contributed by atoms with van der Waals surface area (Å²) >= 11 is 1.58. The maximum Gasteiger partial charge on any atom is 0.254 e. The monoisotopic (exact) mass is 300 g/mol. The van der Waals surface area contributed by atoms with Crippen molar-refractivity contribution in [3.05, 3.63) is 52.0 Å². The van der Waals surface area contributed by atoms with Gasteiger partial charge in [0.05, 0.1) is 5.56 Å². The molecule has 0 aromatic carbocycles. The van der Waals surface area contributed by atoms with Crippen molar-refractivity contribution in [3.63, 3.8) is 0 Å². The van der Waals surface area contributed by atoms with Crippen LogP contribution in [-0.4, -0.2) is 28.9 Å². The average Bonchev–Trinajstić information content (AvgIpc) is 3.01. The summed E-state index contributed by atoms with van der Waals surface area (Å²) in [5.41, 5.74) is 3.04. The lowest BCUT2D eigenvalue weighted by Crippen LogP contribution is -2.40. The molecule has 2 aromatic rings. The molecule has 1 saturated heterocycles. The minimum absolute atomic E-state index is 0.179. The third kappa shape index (κ3) is 3.50. The van der Waals surface area contributed by atoms with E-state index < -0.39 is 0 Å². The normalized spacial score (nSPS) is 18.7. The van der Waals surface area contributed by atoms with Crippen LogP contribution < -0.4 is 0 Å². The highest BCUT2D eigenvalue weighted by Gasteiger charge is 2.25. The second-order valence-corrected chi connectivity index (χ2v) is 6.53. The van der Waals surface area contributed by atoms with E-state index in [-0.39, 0.29) is 5.91 Å². The summed E-state index contributed by atoms with van der Waals surface area (Å²) in [5, 5.41) is 3.90. The van der Waals surface area contributed by atoms with Gasteiger partial charge in [-0.1, -0.05) is 6.07 Å². The molecule has 3 heterocycles. The van der Waals surface area contributed by atoms with Crippen LogP contribution in [0.4, 0.5) is 0 Å². The first-order valence-electron chi connectivity index (χ1n) is 7.46. The molecule has 3 nitrogen and oxygen atoms in total. The molecule has 0 radical (unpaired) electrons. The minimum Gasteiger partial charge on any atom is -0.338 e. The number of carbonyl (C=O) groups excluding carboxylic acids is 1. The fourth-order valence-electron chi connectivity index (χ4n) is 2.99. The van der Waals surface area contributed by atoms with E-state index in [1.807, 2.05) is 34.7 Å². The number of piperidine rings is 1. The Bertz CT molecular complexity index is 609. The number of carbonyl (C=O) groups is 1. The quantitative estimate of drug-likeness (QED) is 0.868. The molecule has 0 saturated carbocycles. The molecule has 1 aliphatic heterocycles. The van der Waals surface area contributed by atoms with Gasteiger partial charge in [-0.2, -0.15) is 11.3 Å². The molecule has 0 N–H and O–H groups in total. The molecule has 2 aromatic heterocycles. The molecule has 1 amide bonds. The molecule has 0 aliphatic carbocycles. The van der Waals surface area contributed by atoms with Crippen molar-refractivity contribution in [2.45, 2.75) is 26.2 Å². The highest BCUT2D eigenvalue weighted by Crippen LogP contribution is 2.22. The van der Waals surface area contributed by atoms with E-state index in [0.717, 1.165) is 42.9 Å². The molecule has 1 atom stereocenters. The Hall–Kier alpha value is -1.68. The topological polar surface area (TPSA) is 33.2 Å². The molecule has 1 fully saturated rings. The molecular formula is C17H20N2OS. The Morgan fingerprint density at radius 2 is 2.33 bits per heavy atom. The van der Waals surface area contributed by atoms with Gasteiger partial charge in [-0.3, -0.25) is 9.78 Å². The second kappa shape index (κ2) is 6.39. The van der Waals surface area contributed by atoms with Gasteiger partial charge in [0.15, 0.2) is 0 Å². The van der Waals surface area contributed by atoms with Crippen molar-refractivity contribution in [2.75, 3.05) is 13.1 Å². The number of hydrogen-bond donors (Lipinski definition) is 0. The van der Waals surface area contributed by atoms with Crippen LogP contribution in [0, 0.1) is 12.8 Å². The van der Waals surface area contributed by atoms with E-state index in [1.165, 1.54) is 6.42 Å². The standard InChI is InChI=1S/C17H20N2OS/c1-13-4-2-6-16(18-13)10-14-5-3-8-19(11-14)17(20)15-7-9-21-12-15/h2,4,6-7,9,12,14H,3,5,8,10-11H2,1H3. The molecule has 1 unspecified atom stereocenters. The summed E-state index contributed by atoms with van der Waals surface area (Å²) in [6, 6.07) is 8.09. The molecule has 1 aliphatic rings. The predicted octanol–water partition coefficient (Wildman–Crippen LogP) is 3.55. The number of pyridine rings is 1. The lowest BCUT2D eigenvalue weighted by atomic mass is 9.93. The number of rotatable bonds is 3. The summed E-state index contributed by atoms with van der Waals surface area (Å²) in [6.45, 7) is 3.76. The van der Waals surface area contributed by atoms with Gasteiger partial charge in [0.1, 0.15) is 0 Å². The van der Waals surface area contributed by atoms with Gasteiger partial charge in [0.25, 0.3) is 5.91 Å². The summed E-state index contributed by atoms with van der Waals surface area (Å²) in [7, 11) is 0. The molecule has 21 heavy (non-hydrogen) atoms. The van der Waals surface area contributed by atoms with Gasteiger partial charge < -0.3 is 4.90 Å². The Morgan fingerprint density at radius 1 is 1.43 bits per heavy atom. The van der Waals surface area contributed by atoms with E-state index >= 15 is 0 Å². The molecule has 4 heteroatoms. The first-order valence-corrected chi connectivity index (χ1v) is 8.40. The zero-order chi connectivity index (χ0) is 14.7. The van der Waals surface area contributed by atoms with Gasteiger partial charge in [0.2, 0.25) is 0 Å². The number of aromatic nitrogens is 1. The SMILES string of the molecule is Cc1cccc(CC2CCCN(C(=O)c3ccsc3)C2)n1.